The van der Waals surface area contributed by atoms with Gasteiger partial charge in [0.25, 0.3) is 0 Å². The first-order valence-electron chi connectivity index (χ1n) is 10.4. The topological polar surface area (TPSA) is 76.0 Å². The van der Waals surface area contributed by atoms with Crippen LogP contribution < -0.4 is 15.8 Å². The third-order valence-corrected chi connectivity index (χ3v) is 5.24. The van der Waals surface area contributed by atoms with Gasteiger partial charge in [0, 0.05) is 41.0 Å². The summed E-state index contributed by atoms with van der Waals surface area (Å²) in [6.07, 6.45) is -1.56. The van der Waals surface area contributed by atoms with Crippen LogP contribution in [0.15, 0.2) is 91.3 Å². The highest BCUT2D eigenvalue weighted by molar-refractivity contribution is 5.86. The number of aromatic amines is 1. The second-order valence-corrected chi connectivity index (χ2v) is 7.75. The van der Waals surface area contributed by atoms with Crippen LogP contribution in [0.25, 0.3) is 22.0 Å². The minimum Gasteiger partial charge on any atom is -0.457 e. The van der Waals surface area contributed by atoms with E-state index in [0.717, 1.165) is 45.7 Å². The lowest BCUT2D eigenvalue weighted by atomic mass is 10.0. The monoisotopic (exact) mass is 460 g/mol. The highest BCUT2D eigenvalue weighted by Crippen LogP contribution is 2.33. The summed E-state index contributed by atoms with van der Waals surface area (Å²) in [6.45, 7) is 0. The SMILES string of the molecule is Nc1cc(Nc2ccc(Oc3ccnc(C(F)(F)F)c3)cc2)cc(-c2ccc3[nH]ccc3c2)c1. The number of ether oxygens (including phenoxy) is 1. The van der Waals surface area contributed by atoms with Crippen LogP contribution in [0.2, 0.25) is 0 Å². The number of H-pyrrole nitrogens is 1. The summed E-state index contributed by atoms with van der Waals surface area (Å²) in [5, 5.41) is 4.42. The molecule has 0 bridgehead atoms. The Morgan fingerprint density at radius 1 is 0.794 bits per heavy atom. The molecule has 2 heterocycles. The van der Waals surface area contributed by atoms with Crippen LogP contribution >= 0.6 is 0 Å². The maximum absolute atomic E-state index is 12.8. The molecule has 170 valence electrons. The Labute approximate surface area is 193 Å². The van der Waals surface area contributed by atoms with Gasteiger partial charge >= 0.3 is 6.18 Å². The fraction of sp³-hybridized carbons (Fsp3) is 0.0385. The second kappa shape index (κ2) is 8.47. The minimum absolute atomic E-state index is 0.0582. The third-order valence-electron chi connectivity index (χ3n) is 5.24. The summed E-state index contributed by atoms with van der Waals surface area (Å²) < 4.78 is 44.1. The van der Waals surface area contributed by atoms with Crippen molar-refractivity contribution in [2.75, 3.05) is 11.1 Å². The average molecular weight is 460 g/mol. The van der Waals surface area contributed by atoms with Crippen LogP contribution in [0.4, 0.5) is 30.2 Å². The first-order valence-corrected chi connectivity index (χ1v) is 10.4. The van der Waals surface area contributed by atoms with Crippen LogP contribution in [0.3, 0.4) is 0 Å². The highest BCUT2D eigenvalue weighted by atomic mass is 19.4. The fourth-order valence-corrected chi connectivity index (χ4v) is 3.66. The van der Waals surface area contributed by atoms with Gasteiger partial charge in [0.2, 0.25) is 0 Å². The Morgan fingerprint density at radius 3 is 2.41 bits per heavy atom. The number of halogens is 3. The Morgan fingerprint density at radius 2 is 1.62 bits per heavy atom. The molecule has 4 N–H and O–H groups in total. The zero-order chi connectivity index (χ0) is 23.7. The smallest absolute Gasteiger partial charge is 0.433 e. The Hall–Kier alpha value is -4.46. The maximum Gasteiger partial charge on any atom is 0.433 e. The standard InChI is InChI=1S/C26H19F3N4O/c27-26(28,29)25-15-23(8-10-32-25)34-22-4-2-20(3-5-22)33-21-13-18(12-19(30)14-21)16-1-6-24-17(11-16)7-9-31-24/h1-15,31,33H,30H2. The summed E-state index contributed by atoms with van der Waals surface area (Å²) in [5.74, 6) is 0.459. The molecule has 3 aromatic carbocycles. The van der Waals surface area contributed by atoms with Crippen LogP contribution in [0.5, 0.6) is 11.5 Å². The number of alkyl halides is 3. The number of rotatable bonds is 5. The van der Waals surface area contributed by atoms with Gasteiger partial charge in [-0.05, 0) is 83.2 Å². The van der Waals surface area contributed by atoms with Gasteiger partial charge < -0.3 is 20.8 Å². The lowest BCUT2D eigenvalue weighted by Gasteiger charge is -2.12. The van der Waals surface area contributed by atoms with Crippen molar-refractivity contribution in [2.24, 2.45) is 0 Å². The predicted molar refractivity (Wildman–Crippen MR) is 127 cm³/mol. The Balaban J connectivity index is 1.33. The van der Waals surface area contributed by atoms with E-state index in [-0.39, 0.29) is 5.75 Å². The lowest BCUT2D eigenvalue weighted by Crippen LogP contribution is -2.07. The lowest BCUT2D eigenvalue weighted by molar-refractivity contribution is -0.141. The number of anilines is 3. The zero-order valence-corrected chi connectivity index (χ0v) is 17.7. The van der Waals surface area contributed by atoms with Crippen molar-refractivity contribution in [3.05, 3.63) is 97.0 Å². The number of nitrogens with zero attached hydrogens (tertiary/aromatic N) is 1. The molecular formula is C26H19F3N4O. The maximum atomic E-state index is 12.8. The van der Waals surface area contributed by atoms with E-state index in [9.17, 15) is 13.2 Å². The minimum atomic E-state index is -4.53. The van der Waals surface area contributed by atoms with E-state index < -0.39 is 11.9 Å². The van der Waals surface area contributed by atoms with Gasteiger partial charge in [0.1, 0.15) is 17.2 Å². The molecular weight excluding hydrogens is 441 g/mol. The molecule has 0 unspecified atom stereocenters. The normalized spacial score (nSPS) is 11.5. The fourth-order valence-electron chi connectivity index (χ4n) is 3.66. The number of nitrogens with two attached hydrogens (primary N) is 1. The van der Waals surface area contributed by atoms with Gasteiger partial charge in [-0.2, -0.15) is 13.2 Å². The molecule has 0 saturated carbocycles. The second-order valence-electron chi connectivity index (χ2n) is 7.75. The summed E-state index contributed by atoms with van der Waals surface area (Å²) in [7, 11) is 0. The number of nitrogens with one attached hydrogen (secondary N) is 2. The summed E-state index contributed by atoms with van der Waals surface area (Å²) in [4.78, 5) is 6.52. The summed E-state index contributed by atoms with van der Waals surface area (Å²) in [6, 6.07) is 23.1. The zero-order valence-electron chi connectivity index (χ0n) is 17.7. The van der Waals surface area contributed by atoms with Gasteiger partial charge in [0.15, 0.2) is 0 Å². The van der Waals surface area contributed by atoms with Crippen molar-refractivity contribution in [3.8, 4) is 22.6 Å². The largest absolute Gasteiger partial charge is 0.457 e. The van der Waals surface area contributed by atoms with Gasteiger partial charge in [-0.1, -0.05) is 6.07 Å². The number of nitrogen functional groups attached to an aromatic ring is 1. The summed E-state index contributed by atoms with van der Waals surface area (Å²) >= 11 is 0. The third kappa shape index (κ3) is 4.66. The van der Waals surface area contributed by atoms with Gasteiger partial charge in [-0.25, -0.2) is 0 Å². The van der Waals surface area contributed by atoms with Crippen LogP contribution in [-0.4, -0.2) is 9.97 Å². The average Bonchev–Trinajstić information content (AvgIpc) is 3.28. The number of pyridine rings is 1. The molecule has 0 saturated heterocycles. The van der Waals surface area contributed by atoms with E-state index in [1.165, 1.54) is 6.07 Å². The van der Waals surface area contributed by atoms with Crippen molar-refractivity contribution in [1.29, 1.82) is 0 Å². The van der Waals surface area contributed by atoms with E-state index >= 15 is 0 Å². The first kappa shape index (κ1) is 21.4. The van der Waals surface area contributed by atoms with Crippen LogP contribution in [-0.2, 0) is 6.18 Å². The van der Waals surface area contributed by atoms with E-state index in [4.69, 9.17) is 10.5 Å². The van der Waals surface area contributed by atoms with E-state index in [1.807, 2.05) is 42.6 Å². The van der Waals surface area contributed by atoms with Crippen molar-refractivity contribution in [3.63, 3.8) is 0 Å². The molecule has 34 heavy (non-hydrogen) atoms. The molecule has 0 atom stereocenters. The van der Waals surface area contributed by atoms with Crippen molar-refractivity contribution in [2.45, 2.75) is 6.18 Å². The predicted octanol–water partition coefficient (Wildman–Crippen LogP) is 7.37. The van der Waals surface area contributed by atoms with Crippen molar-refractivity contribution >= 4 is 28.0 Å². The van der Waals surface area contributed by atoms with Crippen LogP contribution in [0.1, 0.15) is 5.69 Å². The number of hydrogen-bond acceptors (Lipinski definition) is 4. The quantitative estimate of drug-likeness (QED) is 0.239. The molecule has 0 fully saturated rings. The Kier molecular flexibility index (Phi) is 5.33. The molecule has 0 radical (unpaired) electrons. The van der Waals surface area contributed by atoms with Crippen molar-refractivity contribution < 1.29 is 17.9 Å². The number of hydrogen-bond donors (Lipinski definition) is 3. The first-order chi connectivity index (χ1) is 16.3. The molecule has 0 amide bonds. The molecule has 0 aliphatic carbocycles. The molecule has 5 aromatic rings. The molecule has 0 aliphatic rings. The van der Waals surface area contributed by atoms with Gasteiger partial charge in [0.05, 0.1) is 0 Å². The number of benzene rings is 3. The Bertz CT molecular complexity index is 1460. The molecule has 0 aliphatic heterocycles. The van der Waals surface area contributed by atoms with E-state index in [0.29, 0.717) is 11.4 Å². The molecule has 8 heteroatoms. The summed E-state index contributed by atoms with van der Waals surface area (Å²) in [5.41, 5.74) is 10.4. The van der Waals surface area contributed by atoms with Crippen molar-refractivity contribution in [1.82, 2.24) is 9.97 Å². The van der Waals surface area contributed by atoms with E-state index in [1.54, 1.807) is 24.3 Å². The number of aromatic nitrogens is 2. The molecule has 5 rings (SSSR count). The highest BCUT2D eigenvalue weighted by Gasteiger charge is 2.32. The molecule has 0 spiro atoms. The molecule has 2 aromatic heterocycles. The number of fused-ring (bicyclic) bond motifs is 1. The van der Waals surface area contributed by atoms with E-state index in [2.05, 4.69) is 21.4 Å². The molecule has 5 nitrogen and oxygen atoms in total. The van der Waals surface area contributed by atoms with Gasteiger partial charge in [-0.15, -0.1) is 0 Å². The van der Waals surface area contributed by atoms with Crippen LogP contribution in [0, 0.1) is 0 Å². The van der Waals surface area contributed by atoms with Gasteiger partial charge in [-0.3, -0.25) is 4.98 Å².